The summed E-state index contributed by atoms with van der Waals surface area (Å²) in [5.74, 6) is 0.916. The van der Waals surface area contributed by atoms with Crippen molar-refractivity contribution < 1.29 is 18.7 Å². The quantitative estimate of drug-likeness (QED) is 0.715. The van der Waals surface area contributed by atoms with Crippen LogP contribution in [0.4, 0.5) is 11.7 Å². The molecule has 0 aliphatic carbocycles. The van der Waals surface area contributed by atoms with Crippen LogP contribution in [0.3, 0.4) is 0 Å². The molecule has 0 spiro atoms. The van der Waals surface area contributed by atoms with Crippen molar-refractivity contribution in [3.63, 3.8) is 0 Å². The Bertz CT molecular complexity index is 888. The van der Waals surface area contributed by atoms with Crippen molar-refractivity contribution in [1.29, 1.82) is 0 Å². The van der Waals surface area contributed by atoms with E-state index < -0.39 is 5.91 Å². The average Bonchev–Trinajstić information content (AvgIpc) is 3.06. The largest absolute Gasteiger partial charge is 0.497 e. The minimum absolute atomic E-state index is 0.0440. The molecule has 3 rings (SSSR count). The van der Waals surface area contributed by atoms with E-state index in [1.165, 1.54) is 0 Å². The van der Waals surface area contributed by atoms with E-state index in [4.69, 9.17) is 19.6 Å². The van der Waals surface area contributed by atoms with Gasteiger partial charge in [-0.15, -0.1) is 0 Å². The van der Waals surface area contributed by atoms with E-state index in [1.807, 2.05) is 12.1 Å². The molecule has 0 aliphatic heterocycles. The molecular formula is C18H17N3O4. The smallest absolute Gasteiger partial charge is 0.300 e. The second-order valence-electron chi connectivity index (χ2n) is 5.11. The number of para-hydroxylation sites is 2. The van der Waals surface area contributed by atoms with Crippen molar-refractivity contribution in [2.75, 3.05) is 19.5 Å². The first-order valence-electron chi connectivity index (χ1n) is 7.47. The number of benzene rings is 2. The first-order valence-corrected chi connectivity index (χ1v) is 7.47. The van der Waals surface area contributed by atoms with Crippen molar-refractivity contribution in [3.05, 3.63) is 54.2 Å². The predicted molar refractivity (Wildman–Crippen MR) is 93.3 cm³/mol. The van der Waals surface area contributed by atoms with Gasteiger partial charge in [0.2, 0.25) is 0 Å². The fourth-order valence-corrected chi connectivity index (χ4v) is 2.34. The zero-order valence-corrected chi connectivity index (χ0v) is 13.8. The van der Waals surface area contributed by atoms with Crippen molar-refractivity contribution >= 4 is 17.6 Å². The maximum atomic E-state index is 11.7. The van der Waals surface area contributed by atoms with Crippen molar-refractivity contribution in [2.45, 2.75) is 0 Å². The van der Waals surface area contributed by atoms with E-state index in [0.29, 0.717) is 22.7 Å². The van der Waals surface area contributed by atoms with Crippen molar-refractivity contribution in [1.82, 2.24) is 4.98 Å². The molecule has 2 aromatic carbocycles. The number of ether oxygens (including phenoxy) is 2. The highest BCUT2D eigenvalue weighted by Gasteiger charge is 2.20. The number of hydrogen-bond acceptors (Lipinski definition) is 6. The Morgan fingerprint density at radius 2 is 1.80 bits per heavy atom. The lowest BCUT2D eigenvalue weighted by atomic mass is 10.1. The Balaban J connectivity index is 1.98. The van der Waals surface area contributed by atoms with Gasteiger partial charge in [0, 0.05) is 5.56 Å². The highest BCUT2D eigenvalue weighted by atomic mass is 16.5. The molecule has 0 fully saturated rings. The fraction of sp³-hybridized carbons (Fsp3) is 0.111. The Kier molecular flexibility index (Phi) is 4.56. The van der Waals surface area contributed by atoms with Gasteiger partial charge in [-0.05, 0) is 36.4 Å². The van der Waals surface area contributed by atoms with E-state index in [2.05, 4.69) is 10.3 Å². The second kappa shape index (κ2) is 6.96. The number of carbonyl (C=O) groups excluding carboxylic acids is 1. The van der Waals surface area contributed by atoms with Crippen LogP contribution in [0.1, 0.15) is 10.5 Å². The molecule has 25 heavy (non-hydrogen) atoms. The summed E-state index contributed by atoms with van der Waals surface area (Å²) in [6.07, 6.45) is 0. The summed E-state index contributed by atoms with van der Waals surface area (Å²) < 4.78 is 16.1. The summed E-state index contributed by atoms with van der Waals surface area (Å²) in [5, 5.41) is 3.00. The lowest BCUT2D eigenvalue weighted by molar-refractivity contribution is 0.0996. The summed E-state index contributed by atoms with van der Waals surface area (Å²) in [6.45, 7) is 0. The van der Waals surface area contributed by atoms with E-state index in [0.717, 1.165) is 0 Å². The number of nitrogens with one attached hydrogen (secondary N) is 1. The third kappa shape index (κ3) is 3.40. The van der Waals surface area contributed by atoms with Crippen LogP contribution in [0.15, 0.2) is 52.9 Å². The number of amides is 1. The Morgan fingerprint density at radius 1 is 1.08 bits per heavy atom. The third-order valence-corrected chi connectivity index (χ3v) is 3.56. The molecular weight excluding hydrogens is 322 g/mol. The Hall–Kier alpha value is -3.48. The molecule has 1 heterocycles. The number of rotatable bonds is 6. The average molecular weight is 339 g/mol. The first kappa shape index (κ1) is 16.4. The molecule has 0 saturated heterocycles. The predicted octanol–water partition coefficient (Wildman–Crippen LogP) is 3.20. The monoisotopic (exact) mass is 339 g/mol. The van der Waals surface area contributed by atoms with Crippen LogP contribution in [-0.4, -0.2) is 25.1 Å². The van der Waals surface area contributed by atoms with Crippen LogP contribution in [0.25, 0.3) is 11.3 Å². The van der Waals surface area contributed by atoms with Gasteiger partial charge < -0.3 is 24.9 Å². The standard InChI is InChI=1S/C18H17N3O4/c1-23-12-9-7-11(8-10-12)16-15(17(19)22)21-18(25-16)20-13-5-3-4-6-14(13)24-2/h3-10H,1-2H3,(H2,19,22)(H,20,21). The fourth-order valence-electron chi connectivity index (χ4n) is 2.34. The summed E-state index contributed by atoms with van der Waals surface area (Å²) in [4.78, 5) is 15.9. The normalized spacial score (nSPS) is 10.3. The van der Waals surface area contributed by atoms with Gasteiger partial charge in [0.15, 0.2) is 11.5 Å². The van der Waals surface area contributed by atoms with Crippen LogP contribution < -0.4 is 20.5 Å². The number of nitrogens with zero attached hydrogens (tertiary/aromatic N) is 1. The number of methoxy groups -OCH3 is 2. The highest BCUT2D eigenvalue weighted by molar-refractivity contribution is 5.97. The van der Waals surface area contributed by atoms with E-state index in [1.54, 1.807) is 50.6 Å². The number of hydrogen-bond donors (Lipinski definition) is 2. The number of nitrogens with two attached hydrogens (primary N) is 1. The SMILES string of the molecule is COc1ccc(-c2oc(Nc3ccccc3OC)nc2C(N)=O)cc1. The Labute approximate surface area is 144 Å². The zero-order chi connectivity index (χ0) is 17.8. The van der Waals surface area contributed by atoms with Gasteiger partial charge in [0.05, 0.1) is 19.9 Å². The van der Waals surface area contributed by atoms with Crippen LogP contribution in [0.2, 0.25) is 0 Å². The third-order valence-electron chi connectivity index (χ3n) is 3.56. The summed E-state index contributed by atoms with van der Waals surface area (Å²) in [7, 11) is 3.14. The molecule has 1 amide bonds. The Morgan fingerprint density at radius 3 is 2.44 bits per heavy atom. The van der Waals surface area contributed by atoms with Crippen molar-refractivity contribution in [2.24, 2.45) is 5.73 Å². The first-order chi connectivity index (χ1) is 12.1. The zero-order valence-electron chi connectivity index (χ0n) is 13.8. The molecule has 0 atom stereocenters. The molecule has 0 bridgehead atoms. The van der Waals surface area contributed by atoms with E-state index in [9.17, 15) is 4.79 Å². The minimum Gasteiger partial charge on any atom is -0.497 e. The molecule has 7 nitrogen and oxygen atoms in total. The molecule has 0 unspecified atom stereocenters. The van der Waals surface area contributed by atoms with Crippen LogP contribution in [-0.2, 0) is 0 Å². The maximum Gasteiger partial charge on any atom is 0.300 e. The topological polar surface area (TPSA) is 99.6 Å². The van der Waals surface area contributed by atoms with Crippen LogP contribution in [0, 0.1) is 0 Å². The molecule has 7 heteroatoms. The van der Waals surface area contributed by atoms with Gasteiger partial charge in [-0.1, -0.05) is 12.1 Å². The number of oxazole rings is 1. The van der Waals surface area contributed by atoms with Gasteiger partial charge in [-0.25, -0.2) is 0 Å². The second-order valence-corrected chi connectivity index (χ2v) is 5.11. The van der Waals surface area contributed by atoms with Gasteiger partial charge >= 0.3 is 6.01 Å². The molecule has 0 saturated carbocycles. The van der Waals surface area contributed by atoms with E-state index in [-0.39, 0.29) is 17.5 Å². The van der Waals surface area contributed by atoms with Crippen LogP contribution >= 0.6 is 0 Å². The molecule has 3 aromatic rings. The van der Waals surface area contributed by atoms with Crippen LogP contribution in [0.5, 0.6) is 11.5 Å². The minimum atomic E-state index is -0.678. The highest BCUT2D eigenvalue weighted by Crippen LogP contribution is 2.32. The van der Waals surface area contributed by atoms with Crippen molar-refractivity contribution in [3.8, 4) is 22.8 Å². The van der Waals surface area contributed by atoms with Gasteiger partial charge in [-0.2, -0.15) is 4.98 Å². The molecule has 0 aliphatic rings. The van der Waals surface area contributed by atoms with Gasteiger partial charge in [-0.3, -0.25) is 4.79 Å². The number of anilines is 2. The summed E-state index contributed by atoms with van der Waals surface area (Å²) in [6, 6.07) is 14.5. The molecule has 128 valence electrons. The lowest BCUT2D eigenvalue weighted by Crippen LogP contribution is -2.12. The van der Waals surface area contributed by atoms with E-state index >= 15 is 0 Å². The molecule has 1 aromatic heterocycles. The molecule has 3 N–H and O–H groups in total. The maximum absolute atomic E-state index is 11.7. The number of carbonyl (C=O) groups is 1. The van der Waals surface area contributed by atoms with Gasteiger partial charge in [0.25, 0.3) is 5.91 Å². The van der Waals surface area contributed by atoms with Gasteiger partial charge in [0.1, 0.15) is 11.5 Å². The number of primary amides is 1. The summed E-state index contributed by atoms with van der Waals surface area (Å²) >= 11 is 0. The lowest BCUT2D eigenvalue weighted by Gasteiger charge is -2.07. The summed E-state index contributed by atoms with van der Waals surface area (Å²) in [5.41, 5.74) is 6.79. The number of aromatic nitrogens is 1. The molecule has 0 radical (unpaired) electrons.